The van der Waals surface area contributed by atoms with E-state index in [1.54, 1.807) is 6.21 Å². The summed E-state index contributed by atoms with van der Waals surface area (Å²) < 4.78 is 0. The van der Waals surface area contributed by atoms with Gasteiger partial charge in [0.25, 0.3) is 0 Å². The Balaban J connectivity index is 1.51. The van der Waals surface area contributed by atoms with Crippen LogP contribution in [0.25, 0.3) is 0 Å². The number of nitrogens with zero attached hydrogens (tertiary/aromatic N) is 4. The normalized spacial score (nSPS) is 22.2. The van der Waals surface area contributed by atoms with Crippen molar-refractivity contribution in [3.05, 3.63) is 65.3 Å². The second kappa shape index (κ2) is 8.92. The van der Waals surface area contributed by atoms with Gasteiger partial charge in [-0.15, -0.1) is 0 Å². The molecule has 2 heterocycles. The highest BCUT2D eigenvalue weighted by atomic mass is 16.4. The largest absolute Gasteiger partial charge is 0.480 e. The Morgan fingerprint density at radius 2 is 2.00 bits per heavy atom. The molecule has 3 aliphatic rings. The van der Waals surface area contributed by atoms with Crippen LogP contribution in [0.5, 0.6) is 0 Å². The molecule has 8 nitrogen and oxygen atoms in total. The summed E-state index contributed by atoms with van der Waals surface area (Å²) in [7, 11) is 3.94. The number of benzene rings is 1. The zero-order chi connectivity index (χ0) is 22.8. The van der Waals surface area contributed by atoms with Crippen LogP contribution in [-0.2, 0) is 9.59 Å². The Hall–Kier alpha value is -3.52. The third-order valence-electron chi connectivity index (χ3n) is 5.83. The molecule has 1 aromatic carbocycles. The number of fused-ring (bicyclic) bond motifs is 1. The van der Waals surface area contributed by atoms with Crippen LogP contribution in [-0.4, -0.2) is 66.3 Å². The Labute approximate surface area is 187 Å². The van der Waals surface area contributed by atoms with Crippen molar-refractivity contribution in [2.24, 2.45) is 10.1 Å². The first-order valence-corrected chi connectivity index (χ1v) is 10.6. The van der Waals surface area contributed by atoms with Crippen LogP contribution in [0.2, 0.25) is 0 Å². The third-order valence-corrected chi connectivity index (χ3v) is 5.83. The van der Waals surface area contributed by atoms with E-state index in [0.29, 0.717) is 6.42 Å². The van der Waals surface area contributed by atoms with Gasteiger partial charge in [-0.25, -0.2) is 5.01 Å². The number of carbonyl (C=O) groups is 2. The number of anilines is 1. The molecule has 1 amide bonds. The predicted octanol–water partition coefficient (Wildman–Crippen LogP) is 2.34. The van der Waals surface area contributed by atoms with Crippen molar-refractivity contribution in [1.29, 1.82) is 0 Å². The summed E-state index contributed by atoms with van der Waals surface area (Å²) in [6, 6.07) is 7.01. The van der Waals surface area contributed by atoms with E-state index >= 15 is 0 Å². The van der Waals surface area contributed by atoms with Crippen LogP contribution in [0.4, 0.5) is 5.69 Å². The van der Waals surface area contributed by atoms with Crippen LogP contribution in [0.15, 0.2) is 69.8 Å². The van der Waals surface area contributed by atoms with Gasteiger partial charge in [0.1, 0.15) is 12.2 Å². The van der Waals surface area contributed by atoms with Crippen molar-refractivity contribution in [3.63, 3.8) is 0 Å². The lowest BCUT2D eigenvalue weighted by Crippen LogP contribution is -2.50. The van der Waals surface area contributed by atoms with Gasteiger partial charge < -0.3 is 10.0 Å². The highest BCUT2D eigenvalue weighted by molar-refractivity contribution is 6.03. The Bertz CT molecular complexity index is 1070. The number of carbonyl (C=O) groups excluding carboxylic acids is 1. The van der Waals surface area contributed by atoms with Crippen LogP contribution in [0, 0.1) is 0 Å². The summed E-state index contributed by atoms with van der Waals surface area (Å²) in [5.41, 5.74) is 4.63. The second-order valence-electron chi connectivity index (χ2n) is 8.28. The van der Waals surface area contributed by atoms with Crippen LogP contribution < -0.4 is 10.2 Å². The molecule has 2 N–H and O–H groups in total. The van der Waals surface area contributed by atoms with Crippen molar-refractivity contribution in [3.8, 4) is 0 Å². The zero-order valence-corrected chi connectivity index (χ0v) is 18.4. The topological polar surface area (TPSA) is 97.6 Å². The van der Waals surface area contributed by atoms with Gasteiger partial charge in [0.05, 0.1) is 11.8 Å². The number of hydrogen-bond acceptors (Lipinski definition) is 6. The highest BCUT2D eigenvalue weighted by Gasteiger charge is 2.34. The Morgan fingerprint density at radius 3 is 2.66 bits per heavy atom. The Morgan fingerprint density at radius 1 is 1.25 bits per heavy atom. The van der Waals surface area contributed by atoms with Crippen molar-refractivity contribution in [2.45, 2.75) is 38.0 Å². The van der Waals surface area contributed by atoms with Gasteiger partial charge in [-0.1, -0.05) is 36.4 Å². The summed E-state index contributed by atoms with van der Waals surface area (Å²) in [4.78, 5) is 30.8. The molecule has 0 spiro atoms. The first-order valence-electron chi connectivity index (χ1n) is 10.6. The number of aliphatic carboxylic acids is 1. The maximum absolute atomic E-state index is 12.2. The number of amides is 1. The number of carboxylic acid groups (broad SMARTS) is 1. The lowest BCUT2D eigenvalue weighted by atomic mass is 9.96. The molecule has 32 heavy (non-hydrogen) atoms. The molecule has 4 rings (SSSR count). The molecule has 2 aliphatic heterocycles. The van der Waals surface area contributed by atoms with Gasteiger partial charge >= 0.3 is 5.97 Å². The van der Waals surface area contributed by atoms with E-state index < -0.39 is 18.2 Å². The molecule has 0 saturated carbocycles. The van der Waals surface area contributed by atoms with Crippen molar-refractivity contribution < 1.29 is 14.7 Å². The highest BCUT2D eigenvalue weighted by Crippen LogP contribution is 2.27. The zero-order valence-electron chi connectivity index (χ0n) is 18.4. The number of hydrazone groups is 1. The molecule has 1 aromatic rings. The average molecular weight is 434 g/mol. The van der Waals surface area contributed by atoms with Gasteiger partial charge in [0, 0.05) is 45.8 Å². The number of aliphatic imine (C=N–C) groups is 1. The molecule has 0 bridgehead atoms. The lowest BCUT2D eigenvalue weighted by Gasteiger charge is -2.25. The van der Waals surface area contributed by atoms with Gasteiger partial charge in [-0.3, -0.25) is 19.9 Å². The van der Waals surface area contributed by atoms with E-state index in [1.807, 2.05) is 67.6 Å². The fraction of sp³-hybridized carbons (Fsp3) is 0.333. The summed E-state index contributed by atoms with van der Waals surface area (Å²) in [5, 5.41) is 18.9. The van der Waals surface area contributed by atoms with E-state index in [2.05, 4.69) is 15.4 Å². The van der Waals surface area contributed by atoms with Gasteiger partial charge in [-0.2, -0.15) is 5.10 Å². The number of carboxylic acids is 1. The van der Waals surface area contributed by atoms with Crippen LogP contribution in [0.3, 0.4) is 0 Å². The number of rotatable bonds is 7. The van der Waals surface area contributed by atoms with Gasteiger partial charge in [0.15, 0.2) is 0 Å². The summed E-state index contributed by atoms with van der Waals surface area (Å²) in [6.07, 6.45) is 9.75. The molecule has 8 heteroatoms. The minimum absolute atomic E-state index is 0.0373. The van der Waals surface area contributed by atoms with E-state index in [4.69, 9.17) is 0 Å². The maximum Gasteiger partial charge on any atom is 0.321 e. The number of allylic oxidation sites excluding steroid dienone is 2. The van der Waals surface area contributed by atoms with Gasteiger partial charge in [-0.05, 0) is 28.8 Å². The maximum atomic E-state index is 12.2. The smallest absolute Gasteiger partial charge is 0.321 e. The van der Waals surface area contributed by atoms with Crippen molar-refractivity contribution in [2.75, 3.05) is 19.0 Å². The number of nitrogens with one attached hydrogen (secondary N) is 1. The number of hydrogen-bond donors (Lipinski definition) is 2. The standard InChI is InChI=1S/C24H27N5O3/c1-15(30)29-23(13-21(27-29)16-8-10-18(11-9-16)28(2)3)26-22(24(31)32)12-17-14-25-20-7-5-4-6-19(17)20/h4-11,14,20,22-23,26H,12-13H2,1-3H3,(H,31,32). The molecular formula is C24H27N5O3. The quantitative estimate of drug-likeness (QED) is 0.688. The van der Waals surface area contributed by atoms with Crippen molar-refractivity contribution >= 4 is 29.5 Å². The van der Waals surface area contributed by atoms with Crippen molar-refractivity contribution in [1.82, 2.24) is 10.3 Å². The van der Waals surface area contributed by atoms with Crippen LogP contribution in [0.1, 0.15) is 25.3 Å². The van der Waals surface area contributed by atoms with E-state index in [9.17, 15) is 14.7 Å². The van der Waals surface area contributed by atoms with E-state index in [0.717, 1.165) is 28.1 Å². The lowest BCUT2D eigenvalue weighted by molar-refractivity contribution is -0.141. The summed E-state index contributed by atoms with van der Waals surface area (Å²) in [5.74, 6) is -1.21. The first kappa shape index (κ1) is 21.7. The molecule has 1 aliphatic carbocycles. The molecule has 0 aromatic heterocycles. The molecule has 166 valence electrons. The fourth-order valence-electron chi connectivity index (χ4n) is 4.10. The SMILES string of the molecule is CC(=O)N1N=C(c2ccc(N(C)C)cc2)CC1NC(CC1=C2C=CC=CC2N=C1)C(=O)O. The average Bonchev–Trinajstić information content (AvgIpc) is 3.38. The van der Waals surface area contributed by atoms with Crippen LogP contribution >= 0.6 is 0 Å². The summed E-state index contributed by atoms with van der Waals surface area (Å²) in [6.45, 7) is 1.43. The molecule has 0 fully saturated rings. The molecular weight excluding hydrogens is 406 g/mol. The Kier molecular flexibility index (Phi) is 6.05. The first-order chi connectivity index (χ1) is 15.3. The predicted molar refractivity (Wildman–Crippen MR) is 125 cm³/mol. The third kappa shape index (κ3) is 4.40. The van der Waals surface area contributed by atoms with E-state index in [-0.39, 0.29) is 18.4 Å². The fourth-order valence-corrected chi connectivity index (χ4v) is 4.10. The molecule has 3 atom stereocenters. The van der Waals surface area contributed by atoms with Gasteiger partial charge in [0.2, 0.25) is 5.91 Å². The monoisotopic (exact) mass is 433 g/mol. The van der Waals surface area contributed by atoms with E-state index in [1.165, 1.54) is 11.9 Å². The molecule has 0 radical (unpaired) electrons. The molecule has 3 unspecified atom stereocenters. The summed E-state index contributed by atoms with van der Waals surface area (Å²) >= 11 is 0. The molecule has 0 saturated heterocycles. The minimum atomic E-state index is -0.974. The minimum Gasteiger partial charge on any atom is -0.480 e. The second-order valence-corrected chi connectivity index (χ2v) is 8.28.